The normalized spacial score (nSPS) is 23.4. The first-order chi connectivity index (χ1) is 7.55. The average molecular weight is 321 g/mol. The van der Waals surface area contributed by atoms with Crippen LogP contribution in [0, 0.1) is 0 Å². The van der Waals surface area contributed by atoms with Crippen LogP contribution in [0.4, 0.5) is 0 Å². The summed E-state index contributed by atoms with van der Waals surface area (Å²) >= 11 is 5.14. The Morgan fingerprint density at radius 2 is 2.00 bits per heavy atom. The van der Waals surface area contributed by atoms with Crippen LogP contribution in [0.5, 0.6) is 0 Å². The Labute approximate surface area is 109 Å². The van der Waals surface area contributed by atoms with E-state index in [0.29, 0.717) is 11.5 Å². The Morgan fingerprint density at radius 3 is 2.56 bits per heavy atom. The maximum absolute atomic E-state index is 11.3. The summed E-state index contributed by atoms with van der Waals surface area (Å²) in [5.74, 6) is 1.62. The topological polar surface area (TPSA) is 34.1 Å². The predicted octanol–water partition coefficient (Wildman–Crippen LogP) is 2.87. The van der Waals surface area contributed by atoms with E-state index < -0.39 is 9.84 Å². The molecule has 0 unspecified atom stereocenters. The molecule has 2 rings (SSSR count). The van der Waals surface area contributed by atoms with Gasteiger partial charge < -0.3 is 0 Å². The van der Waals surface area contributed by atoms with E-state index in [4.69, 9.17) is 0 Å². The van der Waals surface area contributed by atoms with Crippen LogP contribution in [0.25, 0.3) is 0 Å². The largest absolute Gasteiger partial charge is 0.229 e. The summed E-state index contributed by atoms with van der Waals surface area (Å²) < 4.78 is 23.6. The smallest absolute Gasteiger partial charge is 0.151 e. The monoisotopic (exact) mass is 320 g/mol. The maximum atomic E-state index is 11.3. The number of sulfone groups is 1. The second kappa shape index (κ2) is 5.10. The molecule has 1 fully saturated rings. The molecule has 1 saturated heterocycles. The van der Waals surface area contributed by atoms with Gasteiger partial charge in [0, 0.05) is 15.5 Å². The Bertz CT molecular complexity index is 453. The van der Waals surface area contributed by atoms with Crippen LogP contribution >= 0.6 is 27.7 Å². The first-order valence-electron chi connectivity index (χ1n) is 5.12. The molecule has 0 N–H and O–H groups in total. The van der Waals surface area contributed by atoms with Gasteiger partial charge in [-0.2, -0.15) is 11.8 Å². The molecular weight excluding hydrogens is 308 g/mol. The third-order valence-corrected chi connectivity index (χ3v) is 6.47. The molecule has 0 amide bonds. The van der Waals surface area contributed by atoms with E-state index in [1.54, 1.807) is 11.8 Å². The summed E-state index contributed by atoms with van der Waals surface area (Å²) in [5, 5.41) is 0.286. The summed E-state index contributed by atoms with van der Waals surface area (Å²) in [6, 6.07) is 8.17. The molecule has 0 saturated carbocycles. The van der Waals surface area contributed by atoms with Gasteiger partial charge >= 0.3 is 0 Å². The van der Waals surface area contributed by atoms with E-state index in [0.717, 1.165) is 16.6 Å². The molecule has 16 heavy (non-hydrogen) atoms. The summed E-state index contributed by atoms with van der Waals surface area (Å²) in [7, 11) is -2.73. The first kappa shape index (κ1) is 12.5. The number of hydrogen-bond acceptors (Lipinski definition) is 3. The van der Waals surface area contributed by atoms with Gasteiger partial charge in [-0.05, 0) is 24.1 Å². The zero-order valence-electron chi connectivity index (χ0n) is 8.73. The number of halogens is 1. The SMILES string of the molecule is O=S1(=O)CC[C@H](SCc2ccc(Br)cc2)C1. The first-order valence-corrected chi connectivity index (χ1v) is 8.78. The number of thioether (sulfide) groups is 1. The van der Waals surface area contributed by atoms with Gasteiger partial charge in [0.05, 0.1) is 11.5 Å². The van der Waals surface area contributed by atoms with Crippen LogP contribution in [-0.2, 0) is 15.6 Å². The molecule has 1 aromatic rings. The Kier molecular flexibility index (Phi) is 3.97. The Morgan fingerprint density at radius 1 is 1.31 bits per heavy atom. The third kappa shape index (κ3) is 3.50. The minimum Gasteiger partial charge on any atom is -0.229 e. The van der Waals surface area contributed by atoms with Crippen molar-refractivity contribution in [3.63, 3.8) is 0 Å². The highest BCUT2D eigenvalue weighted by molar-refractivity contribution is 9.10. The second-order valence-corrected chi connectivity index (χ2v) is 8.40. The highest BCUT2D eigenvalue weighted by Gasteiger charge is 2.27. The zero-order chi connectivity index (χ0) is 11.6. The molecule has 1 heterocycles. The van der Waals surface area contributed by atoms with E-state index in [-0.39, 0.29) is 5.25 Å². The molecule has 0 bridgehead atoms. The predicted molar refractivity (Wildman–Crippen MR) is 72.5 cm³/mol. The Balaban J connectivity index is 1.87. The fourth-order valence-electron chi connectivity index (χ4n) is 1.69. The molecule has 0 aliphatic carbocycles. The van der Waals surface area contributed by atoms with Gasteiger partial charge in [0.1, 0.15) is 0 Å². The molecule has 88 valence electrons. The van der Waals surface area contributed by atoms with Crippen molar-refractivity contribution in [2.45, 2.75) is 17.4 Å². The molecule has 1 atom stereocenters. The lowest BCUT2D eigenvalue weighted by Crippen LogP contribution is -2.06. The zero-order valence-corrected chi connectivity index (χ0v) is 11.9. The van der Waals surface area contributed by atoms with Crippen molar-refractivity contribution in [3.8, 4) is 0 Å². The minimum atomic E-state index is -2.73. The quantitative estimate of drug-likeness (QED) is 0.858. The lowest BCUT2D eigenvalue weighted by Gasteiger charge is -2.07. The van der Waals surface area contributed by atoms with E-state index in [1.807, 2.05) is 12.1 Å². The third-order valence-electron chi connectivity index (χ3n) is 2.59. The van der Waals surface area contributed by atoms with E-state index in [9.17, 15) is 8.42 Å². The lowest BCUT2D eigenvalue weighted by atomic mass is 10.2. The standard InChI is InChI=1S/C11H13BrO2S2/c12-10-3-1-9(2-4-10)7-15-11-5-6-16(13,14)8-11/h1-4,11H,5-8H2/t11-/m0/s1. The number of rotatable bonds is 3. The molecule has 1 aliphatic heterocycles. The van der Waals surface area contributed by atoms with Gasteiger partial charge in [-0.1, -0.05) is 28.1 Å². The van der Waals surface area contributed by atoms with Gasteiger partial charge in [0.25, 0.3) is 0 Å². The van der Waals surface area contributed by atoms with E-state index in [1.165, 1.54) is 5.56 Å². The van der Waals surface area contributed by atoms with Crippen molar-refractivity contribution in [2.75, 3.05) is 11.5 Å². The van der Waals surface area contributed by atoms with Crippen molar-refractivity contribution in [2.24, 2.45) is 0 Å². The minimum absolute atomic E-state index is 0.286. The van der Waals surface area contributed by atoms with Crippen molar-refractivity contribution in [1.29, 1.82) is 0 Å². The van der Waals surface area contributed by atoms with Crippen molar-refractivity contribution in [1.82, 2.24) is 0 Å². The summed E-state index contributed by atoms with van der Waals surface area (Å²) in [6.07, 6.45) is 0.809. The number of benzene rings is 1. The van der Waals surface area contributed by atoms with Crippen LogP contribution in [0.1, 0.15) is 12.0 Å². The van der Waals surface area contributed by atoms with Crippen LogP contribution in [0.15, 0.2) is 28.7 Å². The summed E-state index contributed by atoms with van der Waals surface area (Å²) in [6.45, 7) is 0. The molecule has 1 aliphatic rings. The molecule has 1 aromatic carbocycles. The van der Waals surface area contributed by atoms with Gasteiger partial charge in [-0.3, -0.25) is 0 Å². The summed E-state index contributed by atoms with van der Waals surface area (Å²) in [5.41, 5.74) is 1.25. The maximum Gasteiger partial charge on any atom is 0.151 e. The highest BCUT2D eigenvalue weighted by atomic mass is 79.9. The fraction of sp³-hybridized carbons (Fsp3) is 0.455. The van der Waals surface area contributed by atoms with Gasteiger partial charge in [-0.25, -0.2) is 8.42 Å². The molecule has 5 heteroatoms. The average Bonchev–Trinajstić information content (AvgIpc) is 2.58. The van der Waals surface area contributed by atoms with E-state index in [2.05, 4.69) is 28.1 Å². The van der Waals surface area contributed by atoms with Crippen LogP contribution < -0.4 is 0 Å². The second-order valence-electron chi connectivity index (χ2n) is 3.96. The van der Waals surface area contributed by atoms with Crippen molar-refractivity contribution < 1.29 is 8.42 Å². The van der Waals surface area contributed by atoms with Crippen molar-refractivity contribution in [3.05, 3.63) is 34.3 Å². The molecular formula is C11H13BrO2S2. The Hall–Kier alpha value is -0.000000000000000111. The van der Waals surface area contributed by atoms with Crippen LogP contribution in [0.3, 0.4) is 0 Å². The van der Waals surface area contributed by atoms with Gasteiger partial charge in [0.2, 0.25) is 0 Å². The molecule has 0 aromatic heterocycles. The van der Waals surface area contributed by atoms with Gasteiger partial charge in [0.15, 0.2) is 9.84 Å². The molecule has 2 nitrogen and oxygen atoms in total. The van der Waals surface area contributed by atoms with Gasteiger partial charge in [-0.15, -0.1) is 0 Å². The molecule has 0 spiro atoms. The van der Waals surface area contributed by atoms with Crippen LogP contribution in [0.2, 0.25) is 0 Å². The highest BCUT2D eigenvalue weighted by Crippen LogP contribution is 2.27. The number of hydrogen-bond donors (Lipinski definition) is 0. The van der Waals surface area contributed by atoms with Crippen LogP contribution in [-0.4, -0.2) is 25.2 Å². The fourth-order valence-corrected chi connectivity index (χ4v) is 5.56. The summed E-state index contributed by atoms with van der Waals surface area (Å²) in [4.78, 5) is 0. The van der Waals surface area contributed by atoms with E-state index >= 15 is 0 Å². The van der Waals surface area contributed by atoms with Crippen molar-refractivity contribution >= 4 is 37.5 Å². The lowest BCUT2D eigenvalue weighted by molar-refractivity contribution is 0.602. The molecule has 0 radical (unpaired) electrons.